The highest BCUT2D eigenvalue weighted by molar-refractivity contribution is 5.95. The monoisotopic (exact) mass is 411 g/mol. The molecule has 0 radical (unpaired) electrons. The largest absolute Gasteiger partial charge is 0.494 e. The van der Waals surface area contributed by atoms with Crippen molar-refractivity contribution in [2.75, 3.05) is 20.2 Å². The van der Waals surface area contributed by atoms with Crippen LogP contribution in [0.5, 0.6) is 5.75 Å². The van der Waals surface area contributed by atoms with Crippen molar-refractivity contribution in [2.45, 2.75) is 18.9 Å². The average molecular weight is 411 g/mol. The first kappa shape index (κ1) is 20.0. The Hall–Kier alpha value is -3.33. The highest BCUT2D eigenvalue weighted by atomic mass is 19.1. The quantitative estimate of drug-likeness (QED) is 0.693. The van der Waals surface area contributed by atoms with Gasteiger partial charge in [-0.15, -0.1) is 5.10 Å². The van der Waals surface area contributed by atoms with Crippen LogP contribution in [0.1, 0.15) is 34.9 Å². The van der Waals surface area contributed by atoms with Crippen LogP contribution in [-0.2, 0) is 0 Å². The molecule has 0 spiro atoms. The van der Waals surface area contributed by atoms with Crippen molar-refractivity contribution in [2.24, 2.45) is 5.92 Å². The topological polar surface area (TPSA) is 93.4 Å². The van der Waals surface area contributed by atoms with Gasteiger partial charge >= 0.3 is 0 Å². The Morgan fingerprint density at radius 2 is 1.93 bits per heavy atom. The van der Waals surface area contributed by atoms with Crippen LogP contribution in [0.3, 0.4) is 0 Å². The van der Waals surface area contributed by atoms with E-state index in [-0.39, 0.29) is 17.6 Å². The number of aliphatic hydroxyl groups is 1. The normalized spacial score (nSPS) is 15.8. The molecule has 1 aliphatic heterocycles. The summed E-state index contributed by atoms with van der Waals surface area (Å²) < 4.78 is 19.9. The van der Waals surface area contributed by atoms with Gasteiger partial charge in [-0.25, -0.2) is 4.39 Å². The first-order valence-electron chi connectivity index (χ1n) is 9.71. The maximum atomic E-state index is 13.1. The lowest BCUT2D eigenvalue weighted by molar-refractivity contribution is 0.0462. The average Bonchev–Trinajstić information content (AvgIpc) is 3.33. The molecule has 1 N–H and O–H groups in total. The first-order chi connectivity index (χ1) is 14.6. The number of likely N-dealkylation sites (tertiary alicyclic amines) is 1. The smallest absolute Gasteiger partial charge is 0.253 e. The highest BCUT2D eigenvalue weighted by Crippen LogP contribution is 2.32. The van der Waals surface area contributed by atoms with Crippen LogP contribution in [-0.4, -0.2) is 56.3 Å². The number of amides is 1. The predicted molar refractivity (Wildman–Crippen MR) is 106 cm³/mol. The summed E-state index contributed by atoms with van der Waals surface area (Å²) in [6, 6.07) is 11.1. The van der Waals surface area contributed by atoms with E-state index >= 15 is 0 Å². The summed E-state index contributed by atoms with van der Waals surface area (Å²) in [5.41, 5.74) is 1.79. The number of methoxy groups -OCH3 is 1. The molecule has 1 saturated heterocycles. The molecule has 1 unspecified atom stereocenters. The van der Waals surface area contributed by atoms with E-state index in [2.05, 4.69) is 15.5 Å². The summed E-state index contributed by atoms with van der Waals surface area (Å²) in [5, 5.41) is 21.7. The van der Waals surface area contributed by atoms with Crippen molar-refractivity contribution in [3.63, 3.8) is 0 Å². The minimum atomic E-state index is -0.671. The van der Waals surface area contributed by atoms with Gasteiger partial charge in [-0.05, 0) is 65.1 Å². The molecule has 8 nitrogen and oxygen atoms in total. The second-order valence-corrected chi connectivity index (χ2v) is 7.27. The van der Waals surface area contributed by atoms with Gasteiger partial charge in [0.1, 0.15) is 23.6 Å². The van der Waals surface area contributed by atoms with E-state index in [0.29, 0.717) is 48.5 Å². The molecule has 9 heteroatoms. The van der Waals surface area contributed by atoms with E-state index in [0.717, 1.165) is 0 Å². The van der Waals surface area contributed by atoms with Gasteiger partial charge in [0.05, 0.1) is 13.2 Å². The maximum Gasteiger partial charge on any atom is 0.253 e. The first-order valence-corrected chi connectivity index (χ1v) is 9.71. The highest BCUT2D eigenvalue weighted by Gasteiger charge is 2.29. The van der Waals surface area contributed by atoms with Crippen LogP contribution in [0, 0.1) is 11.7 Å². The zero-order valence-electron chi connectivity index (χ0n) is 16.5. The summed E-state index contributed by atoms with van der Waals surface area (Å²) in [6.07, 6.45) is 2.10. The molecule has 1 amide bonds. The number of aliphatic hydroxyl groups excluding tert-OH is 1. The number of nitrogens with zero attached hydrogens (tertiary/aromatic N) is 5. The Balaban J connectivity index is 1.44. The number of carbonyl (C=O) groups excluding carboxylic acids is 1. The summed E-state index contributed by atoms with van der Waals surface area (Å²) in [6.45, 7) is 1.07. The number of ether oxygens (including phenoxy) is 1. The molecule has 3 aromatic rings. The summed E-state index contributed by atoms with van der Waals surface area (Å²) in [4.78, 5) is 14.8. The molecule has 1 aliphatic rings. The van der Waals surface area contributed by atoms with Crippen molar-refractivity contribution in [1.29, 1.82) is 0 Å². The van der Waals surface area contributed by atoms with E-state index in [1.165, 1.54) is 23.1 Å². The number of piperidine rings is 1. The van der Waals surface area contributed by atoms with Crippen molar-refractivity contribution >= 4 is 5.91 Å². The second kappa shape index (κ2) is 8.58. The fourth-order valence-corrected chi connectivity index (χ4v) is 3.81. The minimum Gasteiger partial charge on any atom is -0.494 e. The third-order valence-electron chi connectivity index (χ3n) is 5.51. The molecule has 30 heavy (non-hydrogen) atoms. The Kier molecular flexibility index (Phi) is 5.71. The van der Waals surface area contributed by atoms with Gasteiger partial charge in [0.25, 0.3) is 5.91 Å². The lowest BCUT2D eigenvalue weighted by Crippen LogP contribution is -2.39. The Labute approximate surface area is 172 Å². The molecule has 0 bridgehead atoms. The van der Waals surface area contributed by atoms with E-state index in [1.807, 2.05) is 0 Å². The van der Waals surface area contributed by atoms with Crippen molar-refractivity contribution in [1.82, 2.24) is 25.1 Å². The van der Waals surface area contributed by atoms with Crippen LogP contribution in [0.2, 0.25) is 0 Å². The van der Waals surface area contributed by atoms with Crippen LogP contribution in [0.15, 0.2) is 48.8 Å². The molecule has 0 aliphatic carbocycles. The summed E-state index contributed by atoms with van der Waals surface area (Å²) in [7, 11) is 1.54. The van der Waals surface area contributed by atoms with E-state index in [4.69, 9.17) is 4.74 Å². The van der Waals surface area contributed by atoms with Crippen molar-refractivity contribution < 1.29 is 19.0 Å². The summed E-state index contributed by atoms with van der Waals surface area (Å²) >= 11 is 0. The lowest BCUT2D eigenvalue weighted by Gasteiger charge is -2.34. The van der Waals surface area contributed by atoms with Gasteiger partial charge in [0, 0.05) is 18.7 Å². The number of hydrogen-bond acceptors (Lipinski definition) is 6. The minimum absolute atomic E-state index is 0.0205. The molecule has 2 aromatic carbocycles. The van der Waals surface area contributed by atoms with Crippen LogP contribution in [0.4, 0.5) is 4.39 Å². The maximum absolute atomic E-state index is 13.1. The molecule has 156 valence electrons. The SMILES string of the molecule is COc1ccc(C(=O)N2CCC(C(O)c3ccc(F)cc3)CC2)cc1-n1cnnn1. The zero-order valence-corrected chi connectivity index (χ0v) is 16.5. The fraction of sp³-hybridized carbons (Fsp3) is 0.333. The molecular formula is C21H22FN5O3. The number of tetrazole rings is 1. The van der Waals surface area contributed by atoms with Gasteiger partial charge in [-0.3, -0.25) is 4.79 Å². The van der Waals surface area contributed by atoms with Gasteiger partial charge in [0.2, 0.25) is 0 Å². The van der Waals surface area contributed by atoms with E-state index < -0.39 is 6.10 Å². The number of rotatable bonds is 5. The lowest BCUT2D eigenvalue weighted by atomic mass is 9.87. The van der Waals surface area contributed by atoms with Crippen LogP contribution >= 0.6 is 0 Å². The number of halogens is 1. The predicted octanol–water partition coefficient (Wildman–Crippen LogP) is 2.40. The van der Waals surface area contributed by atoms with Crippen LogP contribution in [0.25, 0.3) is 5.69 Å². The Morgan fingerprint density at radius 3 is 2.57 bits per heavy atom. The number of hydrogen-bond donors (Lipinski definition) is 1. The molecule has 4 rings (SSSR count). The number of aromatic nitrogens is 4. The van der Waals surface area contributed by atoms with Gasteiger partial charge in [0.15, 0.2) is 0 Å². The standard InChI is InChI=1S/C21H22FN5O3/c1-30-19-7-4-16(12-18(19)27-13-23-24-25-27)21(29)26-10-8-15(9-11-26)20(28)14-2-5-17(22)6-3-14/h2-7,12-13,15,20,28H,8-11H2,1H3. The fourth-order valence-electron chi connectivity index (χ4n) is 3.81. The van der Waals surface area contributed by atoms with Gasteiger partial charge < -0.3 is 14.7 Å². The van der Waals surface area contributed by atoms with Crippen molar-refractivity contribution in [3.05, 3.63) is 65.7 Å². The molecule has 2 heterocycles. The molecule has 1 fully saturated rings. The molecule has 0 saturated carbocycles. The molecule has 1 atom stereocenters. The summed E-state index contributed by atoms with van der Waals surface area (Å²) in [5.74, 6) is 0.153. The third kappa shape index (κ3) is 4.02. The second-order valence-electron chi connectivity index (χ2n) is 7.27. The number of carbonyl (C=O) groups is 1. The zero-order chi connectivity index (χ0) is 21.1. The molecular weight excluding hydrogens is 389 g/mol. The Bertz CT molecular complexity index is 1000. The van der Waals surface area contributed by atoms with Gasteiger partial charge in [-0.2, -0.15) is 4.68 Å². The van der Waals surface area contributed by atoms with Crippen LogP contribution < -0.4 is 4.74 Å². The van der Waals surface area contributed by atoms with E-state index in [1.54, 1.807) is 42.3 Å². The Morgan fingerprint density at radius 1 is 1.20 bits per heavy atom. The molecule has 1 aromatic heterocycles. The third-order valence-corrected chi connectivity index (χ3v) is 5.51. The van der Waals surface area contributed by atoms with Gasteiger partial charge in [-0.1, -0.05) is 12.1 Å². The number of benzene rings is 2. The van der Waals surface area contributed by atoms with Crippen molar-refractivity contribution in [3.8, 4) is 11.4 Å². The van der Waals surface area contributed by atoms with E-state index in [9.17, 15) is 14.3 Å².